The number of nitrogens with one attached hydrogen (secondary N) is 1. The Bertz CT molecular complexity index is 1250. The van der Waals surface area contributed by atoms with Crippen LogP contribution in [0.3, 0.4) is 0 Å². The maximum atomic E-state index is 13.4. The van der Waals surface area contributed by atoms with Crippen molar-refractivity contribution in [3.8, 4) is 11.6 Å². The SMILES string of the molecule is COC(=O)c1cccc(N=Cc2c(O)n(-c3ccc(F)c(Cl)c3)c(=S)[nH]c2=O)c1. The number of hydrogen-bond acceptors (Lipinski definition) is 6. The molecular weight excluding hydrogens is 421 g/mol. The van der Waals surface area contributed by atoms with Crippen molar-refractivity contribution in [1.29, 1.82) is 0 Å². The van der Waals surface area contributed by atoms with Crippen molar-refractivity contribution < 1.29 is 19.0 Å². The molecule has 3 rings (SSSR count). The zero-order valence-electron chi connectivity index (χ0n) is 14.8. The third-order valence-electron chi connectivity index (χ3n) is 3.89. The van der Waals surface area contributed by atoms with Gasteiger partial charge in [-0.05, 0) is 48.6 Å². The molecule has 148 valence electrons. The fourth-order valence-corrected chi connectivity index (χ4v) is 2.95. The number of hydrogen-bond donors (Lipinski definition) is 2. The molecule has 0 aliphatic carbocycles. The number of aliphatic imine (C=N–C) groups is 1. The van der Waals surface area contributed by atoms with Crippen LogP contribution in [-0.4, -0.2) is 34.0 Å². The number of nitrogens with zero attached hydrogens (tertiary/aromatic N) is 2. The van der Waals surface area contributed by atoms with Gasteiger partial charge in [-0.15, -0.1) is 0 Å². The van der Waals surface area contributed by atoms with Crippen LogP contribution in [0.5, 0.6) is 5.88 Å². The molecule has 0 fully saturated rings. The first-order valence-corrected chi connectivity index (χ1v) is 8.86. The van der Waals surface area contributed by atoms with Crippen LogP contribution in [0.1, 0.15) is 15.9 Å². The Morgan fingerprint density at radius 2 is 2.10 bits per heavy atom. The molecule has 0 saturated heterocycles. The van der Waals surface area contributed by atoms with E-state index in [2.05, 4.69) is 14.7 Å². The van der Waals surface area contributed by atoms with E-state index < -0.39 is 23.2 Å². The molecule has 29 heavy (non-hydrogen) atoms. The monoisotopic (exact) mass is 433 g/mol. The lowest BCUT2D eigenvalue weighted by Gasteiger charge is -2.11. The minimum Gasteiger partial charge on any atom is -0.494 e. The Labute approximate surface area is 173 Å². The van der Waals surface area contributed by atoms with E-state index in [1.54, 1.807) is 18.2 Å². The second-order valence-electron chi connectivity index (χ2n) is 5.73. The van der Waals surface area contributed by atoms with Gasteiger partial charge in [-0.25, -0.2) is 9.18 Å². The fraction of sp³-hybridized carbons (Fsp3) is 0.0526. The summed E-state index contributed by atoms with van der Waals surface area (Å²) in [6.45, 7) is 0. The van der Waals surface area contributed by atoms with E-state index in [0.29, 0.717) is 5.69 Å². The van der Waals surface area contributed by atoms with Gasteiger partial charge in [0.05, 0.1) is 29.1 Å². The van der Waals surface area contributed by atoms with Crippen LogP contribution in [0, 0.1) is 10.6 Å². The molecule has 2 N–H and O–H groups in total. The lowest BCUT2D eigenvalue weighted by molar-refractivity contribution is 0.0600. The Kier molecular flexibility index (Phi) is 5.90. The molecule has 0 spiro atoms. The first kappa shape index (κ1) is 20.4. The number of rotatable bonds is 4. The Morgan fingerprint density at radius 3 is 2.79 bits per heavy atom. The van der Waals surface area contributed by atoms with Gasteiger partial charge in [0.25, 0.3) is 5.56 Å². The average molecular weight is 434 g/mol. The molecule has 0 aliphatic heterocycles. The van der Waals surface area contributed by atoms with Crippen molar-refractivity contribution in [2.24, 2.45) is 4.99 Å². The van der Waals surface area contributed by atoms with Crippen molar-refractivity contribution in [3.63, 3.8) is 0 Å². The van der Waals surface area contributed by atoms with Crippen molar-refractivity contribution >= 4 is 41.7 Å². The molecule has 10 heteroatoms. The summed E-state index contributed by atoms with van der Waals surface area (Å²) in [6.07, 6.45) is 1.13. The predicted molar refractivity (Wildman–Crippen MR) is 109 cm³/mol. The number of H-pyrrole nitrogens is 1. The molecule has 7 nitrogen and oxygen atoms in total. The number of benzene rings is 2. The van der Waals surface area contributed by atoms with E-state index >= 15 is 0 Å². The Hall–Kier alpha value is -3.30. The summed E-state index contributed by atoms with van der Waals surface area (Å²) < 4.78 is 19.1. The van der Waals surface area contributed by atoms with E-state index in [9.17, 15) is 19.1 Å². The Balaban J connectivity index is 2.08. The van der Waals surface area contributed by atoms with Gasteiger partial charge in [0.2, 0.25) is 5.88 Å². The highest BCUT2D eigenvalue weighted by Crippen LogP contribution is 2.24. The number of aromatic amines is 1. The van der Waals surface area contributed by atoms with Crippen LogP contribution in [0.15, 0.2) is 52.3 Å². The van der Waals surface area contributed by atoms with Gasteiger partial charge in [0.15, 0.2) is 4.77 Å². The van der Waals surface area contributed by atoms with Crippen molar-refractivity contribution in [1.82, 2.24) is 9.55 Å². The number of methoxy groups -OCH3 is 1. The summed E-state index contributed by atoms with van der Waals surface area (Å²) in [4.78, 5) is 30.4. The number of aromatic nitrogens is 2. The van der Waals surface area contributed by atoms with E-state index in [1.165, 1.54) is 25.3 Å². The summed E-state index contributed by atoms with van der Waals surface area (Å²) in [7, 11) is 1.26. The van der Waals surface area contributed by atoms with Gasteiger partial charge < -0.3 is 9.84 Å². The highest BCUT2D eigenvalue weighted by molar-refractivity contribution is 7.71. The van der Waals surface area contributed by atoms with E-state index in [4.69, 9.17) is 23.8 Å². The molecule has 2 aromatic carbocycles. The third-order valence-corrected chi connectivity index (χ3v) is 4.47. The second-order valence-corrected chi connectivity index (χ2v) is 6.52. The zero-order valence-corrected chi connectivity index (χ0v) is 16.4. The van der Waals surface area contributed by atoms with Crippen LogP contribution < -0.4 is 5.56 Å². The van der Waals surface area contributed by atoms with Crippen LogP contribution in [0.4, 0.5) is 10.1 Å². The van der Waals surface area contributed by atoms with Gasteiger partial charge in [0.1, 0.15) is 11.4 Å². The second kappa shape index (κ2) is 8.38. The maximum Gasteiger partial charge on any atom is 0.337 e. The van der Waals surface area contributed by atoms with Crippen molar-refractivity contribution in [3.05, 3.63) is 79.6 Å². The van der Waals surface area contributed by atoms with Gasteiger partial charge in [-0.1, -0.05) is 17.7 Å². The van der Waals surface area contributed by atoms with Gasteiger partial charge in [-0.3, -0.25) is 19.3 Å². The van der Waals surface area contributed by atoms with Gasteiger partial charge in [-0.2, -0.15) is 0 Å². The molecule has 1 heterocycles. The van der Waals surface area contributed by atoms with Crippen molar-refractivity contribution in [2.45, 2.75) is 0 Å². The molecule has 0 atom stereocenters. The Morgan fingerprint density at radius 1 is 1.34 bits per heavy atom. The molecule has 3 aromatic rings. The summed E-state index contributed by atoms with van der Waals surface area (Å²) in [5, 5.41) is 10.4. The molecule has 0 unspecified atom stereocenters. The first-order valence-electron chi connectivity index (χ1n) is 8.08. The molecule has 0 amide bonds. The third kappa shape index (κ3) is 4.25. The molecule has 1 aromatic heterocycles. The normalized spacial score (nSPS) is 11.0. The number of carbonyl (C=O) groups excluding carboxylic acids is 1. The van der Waals surface area contributed by atoms with Crippen LogP contribution in [-0.2, 0) is 4.74 Å². The summed E-state index contributed by atoms with van der Waals surface area (Å²) in [5.74, 6) is -1.68. The van der Waals surface area contributed by atoms with Crippen LogP contribution >= 0.6 is 23.8 Å². The average Bonchev–Trinajstić information content (AvgIpc) is 2.69. The minimum absolute atomic E-state index is 0.111. The van der Waals surface area contributed by atoms with E-state index in [1.807, 2.05) is 0 Å². The largest absolute Gasteiger partial charge is 0.494 e. The zero-order chi connectivity index (χ0) is 21.1. The highest BCUT2D eigenvalue weighted by atomic mass is 35.5. The molecule has 0 aliphatic rings. The summed E-state index contributed by atoms with van der Waals surface area (Å²) in [5.41, 5.74) is 0.00701. The minimum atomic E-state index is -0.676. The number of aromatic hydroxyl groups is 1. The standard InChI is InChI=1S/C19H13ClFN3O4S/c1-28-18(27)10-3-2-4-11(7-10)22-9-13-16(25)23-19(29)24(17(13)26)12-5-6-15(21)14(20)8-12/h2-9,26H,1H3,(H,23,25,29). The molecule has 0 saturated carbocycles. The summed E-state index contributed by atoms with van der Waals surface area (Å²) in [6, 6.07) is 9.91. The topological polar surface area (TPSA) is 96.7 Å². The lowest BCUT2D eigenvalue weighted by Crippen LogP contribution is -2.18. The number of halogens is 2. The molecular formula is C19H13ClFN3O4S. The van der Waals surface area contributed by atoms with Crippen LogP contribution in [0.25, 0.3) is 5.69 Å². The van der Waals surface area contributed by atoms with Crippen molar-refractivity contribution in [2.75, 3.05) is 7.11 Å². The first-order chi connectivity index (χ1) is 13.8. The number of esters is 1. The summed E-state index contributed by atoms with van der Waals surface area (Å²) >= 11 is 10.9. The smallest absolute Gasteiger partial charge is 0.337 e. The number of ether oxygens (including phenoxy) is 1. The fourth-order valence-electron chi connectivity index (χ4n) is 2.49. The van der Waals surface area contributed by atoms with Crippen LogP contribution in [0.2, 0.25) is 5.02 Å². The lowest BCUT2D eigenvalue weighted by atomic mass is 10.2. The highest BCUT2D eigenvalue weighted by Gasteiger charge is 2.14. The molecule has 0 radical (unpaired) electrons. The molecule has 0 bridgehead atoms. The maximum absolute atomic E-state index is 13.4. The predicted octanol–water partition coefficient (Wildman–Crippen LogP) is 3.93. The number of carbonyl (C=O) groups is 1. The quantitative estimate of drug-likeness (QED) is 0.369. The van der Waals surface area contributed by atoms with Gasteiger partial charge >= 0.3 is 5.97 Å². The van der Waals surface area contributed by atoms with E-state index in [-0.39, 0.29) is 26.6 Å². The van der Waals surface area contributed by atoms with Gasteiger partial charge in [0, 0.05) is 6.21 Å². The van der Waals surface area contributed by atoms with E-state index in [0.717, 1.165) is 16.8 Å².